The SMILES string of the molecule is C=CCn1c(CSc2ccc(C)cc2)nnc1SCc1ccc([N+](=O)[O-])cc1. The third-order valence-corrected chi connectivity index (χ3v) is 6.06. The predicted octanol–water partition coefficient (Wildman–Crippen LogP) is 5.27. The Kier molecular flexibility index (Phi) is 6.89. The summed E-state index contributed by atoms with van der Waals surface area (Å²) in [7, 11) is 0. The van der Waals surface area contributed by atoms with E-state index in [0.717, 1.165) is 22.3 Å². The molecule has 6 nitrogen and oxygen atoms in total. The number of allylic oxidation sites excluding steroid dienone is 1. The third-order valence-electron chi connectivity index (χ3n) is 4.01. The Hall–Kier alpha value is -2.58. The van der Waals surface area contributed by atoms with Crippen LogP contribution >= 0.6 is 23.5 Å². The lowest BCUT2D eigenvalue weighted by Gasteiger charge is -2.08. The van der Waals surface area contributed by atoms with Crippen molar-refractivity contribution < 1.29 is 4.92 Å². The van der Waals surface area contributed by atoms with Gasteiger partial charge >= 0.3 is 0 Å². The van der Waals surface area contributed by atoms with Crippen molar-refractivity contribution in [3.05, 3.63) is 88.3 Å². The molecule has 0 N–H and O–H groups in total. The summed E-state index contributed by atoms with van der Waals surface area (Å²) in [4.78, 5) is 11.6. The van der Waals surface area contributed by atoms with Crippen molar-refractivity contribution >= 4 is 29.2 Å². The number of thioether (sulfide) groups is 2. The lowest BCUT2D eigenvalue weighted by atomic mass is 10.2. The van der Waals surface area contributed by atoms with Crippen molar-refractivity contribution in [1.82, 2.24) is 14.8 Å². The highest BCUT2D eigenvalue weighted by atomic mass is 32.2. The molecule has 0 atom stereocenters. The fourth-order valence-corrected chi connectivity index (χ4v) is 4.25. The molecule has 0 aliphatic carbocycles. The van der Waals surface area contributed by atoms with Crippen LogP contribution in [0.25, 0.3) is 0 Å². The molecule has 0 saturated heterocycles. The summed E-state index contributed by atoms with van der Waals surface area (Å²) in [5, 5.41) is 20.3. The van der Waals surface area contributed by atoms with E-state index in [-0.39, 0.29) is 5.69 Å². The third kappa shape index (κ3) is 5.24. The van der Waals surface area contributed by atoms with Crippen LogP contribution in [0, 0.1) is 17.0 Å². The minimum Gasteiger partial charge on any atom is -0.301 e. The Morgan fingerprint density at radius 1 is 1.07 bits per heavy atom. The van der Waals surface area contributed by atoms with E-state index >= 15 is 0 Å². The molecule has 8 heteroatoms. The number of hydrogen-bond donors (Lipinski definition) is 0. The van der Waals surface area contributed by atoms with Crippen molar-refractivity contribution in [2.75, 3.05) is 0 Å². The first-order chi connectivity index (χ1) is 13.6. The Morgan fingerprint density at radius 2 is 1.79 bits per heavy atom. The van der Waals surface area contributed by atoms with Crippen LogP contribution in [0.5, 0.6) is 0 Å². The van der Waals surface area contributed by atoms with Crippen LogP contribution in [0.4, 0.5) is 5.69 Å². The van der Waals surface area contributed by atoms with Gasteiger partial charge in [0.2, 0.25) is 0 Å². The number of rotatable bonds is 9. The summed E-state index contributed by atoms with van der Waals surface area (Å²) in [6.07, 6.45) is 1.83. The van der Waals surface area contributed by atoms with Gasteiger partial charge in [0, 0.05) is 29.3 Å². The van der Waals surface area contributed by atoms with Crippen molar-refractivity contribution in [2.45, 2.75) is 35.0 Å². The van der Waals surface area contributed by atoms with E-state index in [1.54, 1.807) is 35.7 Å². The zero-order valence-electron chi connectivity index (χ0n) is 15.4. The van der Waals surface area contributed by atoms with Gasteiger partial charge in [-0.3, -0.25) is 10.1 Å². The summed E-state index contributed by atoms with van der Waals surface area (Å²) in [5.74, 6) is 2.29. The lowest BCUT2D eigenvalue weighted by Crippen LogP contribution is -2.03. The molecular formula is C20H20N4O2S2. The zero-order chi connectivity index (χ0) is 19.9. The summed E-state index contributed by atoms with van der Waals surface area (Å²) in [6.45, 7) is 6.55. The largest absolute Gasteiger partial charge is 0.301 e. The molecule has 3 rings (SSSR count). The second-order valence-electron chi connectivity index (χ2n) is 6.11. The van der Waals surface area contributed by atoms with Crippen LogP contribution in [-0.4, -0.2) is 19.7 Å². The van der Waals surface area contributed by atoms with Crippen molar-refractivity contribution in [3.8, 4) is 0 Å². The monoisotopic (exact) mass is 412 g/mol. The van der Waals surface area contributed by atoms with Gasteiger partial charge in [-0.1, -0.05) is 47.7 Å². The Labute approximate surface area is 172 Å². The molecule has 1 heterocycles. The van der Waals surface area contributed by atoms with E-state index in [0.29, 0.717) is 12.3 Å². The van der Waals surface area contributed by atoms with Crippen LogP contribution in [0.3, 0.4) is 0 Å². The average molecular weight is 413 g/mol. The van der Waals surface area contributed by atoms with E-state index in [9.17, 15) is 10.1 Å². The number of hydrogen-bond acceptors (Lipinski definition) is 6. The predicted molar refractivity (Wildman–Crippen MR) is 114 cm³/mol. The second kappa shape index (κ2) is 9.57. The Balaban J connectivity index is 1.66. The number of aryl methyl sites for hydroxylation is 1. The quantitative estimate of drug-likeness (QED) is 0.206. The highest BCUT2D eigenvalue weighted by molar-refractivity contribution is 7.98. The number of non-ortho nitro benzene ring substituents is 1. The molecule has 2 aromatic carbocycles. The highest BCUT2D eigenvalue weighted by Crippen LogP contribution is 2.27. The van der Waals surface area contributed by atoms with Crippen LogP contribution in [-0.2, 0) is 18.1 Å². The molecule has 0 aliphatic rings. The van der Waals surface area contributed by atoms with E-state index in [2.05, 4.69) is 52.5 Å². The molecule has 144 valence electrons. The number of nitro benzene ring substituents is 1. The first-order valence-electron chi connectivity index (χ1n) is 8.65. The van der Waals surface area contributed by atoms with Gasteiger partial charge in [0.15, 0.2) is 5.16 Å². The maximum Gasteiger partial charge on any atom is 0.269 e. The maximum atomic E-state index is 10.8. The molecule has 0 saturated carbocycles. The summed E-state index contributed by atoms with van der Waals surface area (Å²) in [6, 6.07) is 15.0. The molecule has 0 unspecified atom stereocenters. The summed E-state index contributed by atoms with van der Waals surface area (Å²) >= 11 is 3.28. The number of nitro groups is 1. The van der Waals surface area contributed by atoms with Crippen molar-refractivity contribution in [2.24, 2.45) is 0 Å². The molecule has 28 heavy (non-hydrogen) atoms. The van der Waals surface area contributed by atoms with E-state index in [4.69, 9.17) is 0 Å². The summed E-state index contributed by atoms with van der Waals surface area (Å²) < 4.78 is 2.06. The van der Waals surface area contributed by atoms with Gasteiger partial charge in [0.05, 0.1) is 10.7 Å². The first kappa shape index (κ1) is 20.2. The Morgan fingerprint density at radius 3 is 2.43 bits per heavy atom. The second-order valence-corrected chi connectivity index (χ2v) is 8.10. The van der Waals surface area contributed by atoms with Gasteiger partial charge in [-0.2, -0.15) is 0 Å². The molecule has 0 amide bonds. The number of aromatic nitrogens is 3. The zero-order valence-corrected chi connectivity index (χ0v) is 17.1. The van der Waals surface area contributed by atoms with Crippen LogP contribution < -0.4 is 0 Å². The molecule has 0 spiro atoms. The van der Waals surface area contributed by atoms with Crippen molar-refractivity contribution in [1.29, 1.82) is 0 Å². The minimum absolute atomic E-state index is 0.0963. The van der Waals surface area contributed by atoms with Crippen LogP contribution in [0.1, 0.15) is 17.0 Å². The lowest BCUT2D eigenvalue weighted by molar-refractivity contribution is -0.384. The van der Waals surface area contributed by atoms with Crippen molar-refractivity contribution in [3.63, 3.8) is 0 Å². The first-order valence-corrected chi connectivity index (χ1v) is 10.6. The normalized spacial score (nSPS) is 10.8. The van der Waals surface area contributed by atoms with Gasteiger partial charge in [-0.05, 0) is 24.6 Å². The topological polar surface area (TPSA) is 73.8 Å². The van der Waals surface area contributed by atoms with E-state index in [1.807, 2.05) is 6.08 Å². The maximum absolute atomic E-state index is 10.8. The van der Waals surface area contributed by atoms with Gasteiger partial charge in [-0.25, -0.2) is 0 Å². The van der Waals surface area contributed by atoms with E-state index in [1.165, 1.54) is 22.6 Å². The average Bonchev–Trinajstić information content (AvgIpc) is 3.08. The fourth-order valence-electron chi connectivity index (χ4n) is 2.49. The molecule has 0 aliphatic heterocycles. The minimum atomic E-state index is -0.393. The fraction of sp³-hybridized carbons (Fsp3) is 0.200. The molecular weight excluding hydrogens is 392 g/mol. The van der Waals surface area contributed by atoms with Gasteiger partial charge in [-0.15, -0.1) is 28.5 Å². The molecule has 1 aromatic heterocycles. The van der Waals surface area contributed by atoms with Crippen LogP contribution in [0.2, 0.25) is 0 Å². The van der Waals surface area contributed by atoms with E-state index < -0.39 is 4.92 Å². The molecule has 0 fully saturated rings. The molecule has 0 radical (unpaired) electrons. The molecule has 0 bridgehead atoms. The number of nitrogens with zero attached hydrogens (tertiary/aromatic N) is 4. The van der Waals surface area contributed by atoms with Crippen LogP contribution in [0.15, 0.2) is 71.2 Å². The standard InChI is InChI=1S/C20H20N4O2S2/c1-3-12-23-19(14-27-18-10-4-15(2)5-11-18)21-22-20(23)28-13-16-6-8-17(9-7-16)24(25)26/h3-11H,1,12-14H2,2H3. The number of benzene rings is 2. The Bertz CT molecular complexity index is 953. The molecule has 3 aromatic rings. The smallest absolute Gasteiger partial charge is 0.269 e. The highest BCUT2D eigenvalue weighted by Gasteiger charge is 2.13. The van der Waals surface area contributed by atoms with Gasteiger partial charge < -0.3 is 4.57 Å². The van der Waals surface area contributed by atoms with Gasteiger partial charge in [0.25, 0.3) is 5.69 Å². The summed E-state index contributed by atoms with van der Waals surface area (Å²) in [5.41, 5.74) is 2.34. The van der Waals surface area contributed by atoms with Gasteiger partial charge in [0.1, 0.15) is 5.82 Å².